The molecule has 0 fully saturated rings. The van der Waals surface area contributed by atoms with Gasteiger partial charge in [-0.2, -0.15) is 0 Å². The molecule has 0 saturated carbocycles. The Balaban J connectivity index is 0. The van der Waals surface area contributed by atoms with Gasteiger partial charge < -0.3 is 20.1 Å². The molecule has 0 radical (unpaired) electrons. The van der Waals surface area contributed by atoms with Crippen LogP contribution in [0.3, 0.4) is 0 Å². The van der Waals surface area contributed by atoms with Crippen LogP contribution < -0.4 is 34.7 Å². The molecule has 0 rings (SSSR count). The summed E-state index contributed by atoms with van der Waals surface area (Å²) in [7, 11) is 0. The Morgan fingerprint density at radius 1 is 0.733 bits per heavy atom. The van der Waals surface area contributed by atoms with E-state index in [0.717, 1.165) is 26.2 Å². The van der Waals surface area contributed by atoms with Crippen molar-refractivity contribution in [3.63, 3.8) is 0 Å². The summed E-state index contributed by atoms with van der Waals surface area (Å²) in [6.45, 7) is 3.41. The third kappa shape index (κ3) is 15.8. The molecule has 0 aromatic heterocycles. The maximum absolute atomic E-state index is 11.7. The van der Waals surface area contributed by atoms with Gasteiger partial charge in [-0.05, 0) is 19.8 Å². The zero-order valence-electron chi connectivity index (χ0n) is 19.9. The molecule has 0 spiro atoms. The summed E-state index contributed by atoms with van der Waals surface area (Å²) in [5, 5.41) is 30.3. The van der Waals surface area contributed by atoms with Crippen molar-refractivity contribution in [3.05, 3.63) is 0 Å². The van der Waals surface area contributed by atoms with E-state index in [2.05, 4.69) is 6.92 Å². The Morgan fingerprint density at radius 2 is 1.03 bits per heavy atom. The third-order valence-corrected chi connectivity index (χ3v) is 5.77. The standard InChI is InChI=1S/C24H46O5.Na/c1-3-4-5-6-7-8-9-10-11-12-13-14-15-16-17-18-19-20-24(29,23(27)28)22(26)21(2)25;/h21,25,29H,3-20H2,1-2H3,(H,27,28);/q;+1/p-1. The van der Waals surface area contributed by atoms with Crippen molar-refractivity contribution < 1.29 is 54.5 Å². The summed E-state index contributed by atoms with van der Waals surface area (Å²) >= 11 is 0. The quantitative estimate of drug-likeness (QED) is 0.161. The van der Waals surface area contributed by atoms with Gasteiger partial charge in [0.25, 0.3) is 0 Å². The molecular weight excluding hydrogens is 391 g/mol. The van der Waals surface area contributed by atoms with Crippen molar-refractivity contribution in [1.82, 2.24) is 0 Å². The molecule has 0 aromatic rings. The summed E-state index contributed by atoms with van der Waals surface area (Å²) in [4.78, 5) is 22.8. The van der Waals surface area contributed by atoms with Gasteiger partial charge in [-0.1, -0.05) is 110 Å². The predicted octanol–water partition coefficient (Wildman–Crippen LogP) is 1.46. The van der Waals surface area contributed by atoms with Crippen molar-refractivity contribution in [3.8, 4) is 0 Å². The van der Waals surface area contributed by atoms with Crippen LogP contribution in [0, 0.1) is 0 Å². The number of hydrogen-bond donors (Lipinski definition) is 2. The van der Waals surface area contributed by atoms with E-state index < -0.39 is 23.5 Å². The van der Waals surface area contributed by atoms with Crippen LogP contribution in [0.5, 0.6) is 0 Å². The first-order valence-electron chi connectivity index (χ1n) is 12.0. The van der Waals surface area contributed by atoms with Gasteiger partial charge in [0.2, 0.25) is 0 Å². The van der Waals surface area contributed by atoms with Crippen molar-refractivity contribution >= 4 is 11.8 Å². The predicted molar refractivity (Wildman–Crippen MR) is 115 cm³/mol. The molecule has 0 aliphatic heterocycles. The van der Waals surface area contributed by atoms with E-state index >= 15 is 0 Å². The maximum Gasteiger partial charge on any atom is 1.00 e. The van der Waals surface area contributed by atoms with Crippen LogP contribution in [0.4, 0.5) is 0 Å². The molecule has 2 N–H and O–H groups in total. The van der Waals surface area contributed by atoms with E-state index in [-0.39, 0.29) is 36.0 Å². The number of carbonyl (C=O) groups is 2. The second-order valence-electron chi connectivity index (χ2n) is 8.59. The van der Waals surface area contributed by atoms with Gasteiger partial charge in [-0.15, -0.1) is 0 Å². The molecule has 0 bridgehead atoms. The Bertz CT molecular complexity index is 428. The van der Waals surface area contributed by atoms with Crippen LogP contribution >= 0.6 is 0 Å². The normalized spacial score (nSPS) is 14.0. The second-order valence-corrected chi connectivity index (χ2v) is 8.59. The monoisotopic (exact) mass is 436 g/mol. The van der Waals surface area contributed by atoms with E-state index in [1.54, 1.807) is 0 Å². The minimum absolute atomic E-state index is 0. The van der Waals surface area contributed by atoms with Crippen LogP contribution in [-0.2, 0) is 9.59 Å². The number of ketones is 1. The van der Waals surface area contributed by atoms with Gasteiger partial charge in [0.05, 0.1) is 5.97 Å². The molecule has 6 heteroatoms. The van der Waals surface area contributed by atoms with Gasteiger partial charge in [0.1, 0.15) is 6.10 Å². The number of carbonyl (C=O) groups excluding carboxylic acids is 2. The maximum atomic E-state index is 11.7. The molecule has 2 unspecified atom stereocenters. The average molecular weight is 437 g/mol. The van der Waals surface area contributed by atoms with Gasteiger partial charge in [-0.3, -0.25) is 4.79 Å². The molecule has 2 atom stereocenters. The van der Waals surface area contributed by atoms with E-state index in [1.807, 2.05) is 0 Å². The van der Waals surface area contributed by atoms with Crippen molar-refractivity contribution in [2.45, 2.75) is 141 Å². The number of unbranched alkanes of at least 4 members (excludes halogenated alkanes) is 16. The third-order valence-electron chi connectivity index (χ3n) is 5.77. The molecule has 0 amide bonds. The Kier molecular flexibility index (Phi) is 22.5. The number of carboxylic acids is 1. The Labute approximate surface area is 206 Å². The fraction of sp³-hybridized carbons (Fsp3) is 0.917. The molecule has 0 aliphatic carbocycles. The summed E-state index contributed by atoms with van der Waals surface area (Å²) in [5.41, 5.74) is -2.57. The topological polar surface area (TPSA) is 97.7 Å². The fourth-order valence-electron chi connectivity index (χ4n) is 3.78. The molecule has 0 saturated heterocycles. The molecule has 0 heterocycles. The Hall–Kier alpha value is 0.0600. The number of aliphatic carboxylic acids is 1. The van der Waals surface area contributed by atoms with Crippen molar-refractivity contribution in [1.29, 1.82) is 0 Å². The summed E-state index contributed by atoms with van der Waals surface area (Å²) in [6.07, 6.45) is 18.9. The van der Waals surface area contributed by atoms with E-state index in [4.69, 9.17) is 0 Å². The summed E-state index contributed by atoms with van der Waals surface area (Å²) in [6, 6.07) is 0. The number of rotatable bonds is 21. The zero-order valence-corrected chi connectivity index (χ0v) is 21.9. The van der Waals surface area contributed by atoms with Crippen molar-refractivity contribution in [2.24, 2.45) is 0 Å². The summed E-state index contributed by atoms with van der Waals surface area (Å²) in [5.74, 6) is -2.91. The average Bonchev–Trinajstić information content (AvgIpc) is 2.69. The molecule has 0 aromatic carbocycles. The first-order valence-corrected chi connectivity index (χ1v) is 12.0. The number of carboxylic acid groups (broad SMARTS) is 1. The zero-order chi connectivity index (χ0) is 22.0. The van der Waals surface area contributed by atoms with Crippen LogP contribution in [0.2, 0.25) is 0 Å². The number of hydrogen-bond acceptors (Lipinski definition) is 5. The second kappa shape index (κ2) is 20.9. The molecule has 172 valence electrons. The van der Waals surface area contributed by atoms with Gasteiger partial charge in [-0.25, -0.2) is 0 Å². The number of aliphatic hydroxyl groups is 2. The van der Waals surface area contributed by atoms with E-state index in [9.17, 15) is 24.9 Å². The SMILES string of the molecule is CCCCCCCCCCCCCCCCCCCC(O)(C(=O)[O-])C(=O)C(C)O.[Na+]. The molecule has 30 heavy (non-hydrogen) atoms. The van der Waals surface area contributed by atoms with Crippen LogP contribution in [0.15, 0.2) is 0 Å². The molecule has 5 nitrogen and oxygen atoms in total. The minimum Gasteiger partial charge on any atom is -0.547 e. The van der Waals surface area contributed by atoms with E-state index in [1.165, 1.54) is 83.5 Å². The van der Waals surface area contributed by atoms with Gasteiger partial charge in [0.15, 0.2) is 11.4 Å². The smallest absolute Gasteiger partial charge is 0.547 e. The number of Topliss-reactive ketones (excluding diaryl/α,β-unsaturated/α-hetero) is 1. The van der Waals surface area contributed by atoms with Gasteiger partial charge >= 0.3 is 29.6 Å². The van der Waals surface area contributed by atoms with Crippen LogP contribution in [0.25, 0.3) is 0 Å². The molecule has 0 aliphatic rings. The largest absolute Gasteiger partial charge is 1.00 e. The number of aliphatic hydroxyl groups excluding tert-OH is 1. The van der Waals surface area contributed by atoms with E-state index in [0.29, 0.717) is 6.42 Å². The first kappa shape index (κ1) is 32.2. The van der Waals surface area contributed by atoms with Gasteiger partial charge in [0, 0.05) is 0 Å². The summed E-state index contributed by atoms with van der Waals surface area (Å²) < 4.78 is 0. The minimum atomic E-state index is -2.57. The first-order chi connectivity index (χ1) is 13.9. The fourth-order valence-corrected chi connectivity index (χ4v) is 3.78. The molecular formula is C24H45NaO5. The van der Waals surface area contributed by atoms with Crippen LogP contribution in [0.1, 0.15) is 129 Å². The Morgan fingerprint density at radius 3 is 1.30 bits per heavy atom. The van der Waals surface area contributed by atoms with Crippen LogP contribution in [-0.4, -0.2) is 33.7 Å². The van der Waals surface area contributed by atoms with Crippen molar-refractivity contribution in [2.75, 3.05) is 0 Å².